The van der Waals surface area contributed by atoms with Gasteiger partial charge in [0.2, 0.25) is 0 Å². The summed E-state index contributed by atoms with van der Waals surface area (Å²) < 4.78 is 5.53. The van der Waals surface area contributed by atoms with Gasteiger partial charge in [-0.3, -0.25) is 0 Å². The molecule has 0 saturated heterocycles. The Hall–Kier alpha value is -0.910. The van der Waals surface area contributed by atoms with Crippen molar-refractivity contribution in [1.29, 1.82) is 0 Å². The highest BCUT2D eigenvalue weighted by Crippen LogP contribution is 2.19. The highest BCUT2D eigenvalue weighted by Gasteiger charge is 2.09. The lowest BCUT2D eigenvalue weighted by Gasteiger charge is -2.14. The molecule has 1 aromatic carbocycles. The molecular formula is C15H22BrNO3. The van der Waals surface area contributed by atoms with Crippen molar-refractivity contribution in [2.24, 2.45) is 5.92 Å². The summed E-state index contributed by atoms with van der Waals surface area (Å²) in [6.45, 7) is 5.37. The van der Waals surface area contributed by atoms with Crippen molar-refractivity contribution in [1.82, 2.24) is 5.32 Å². The van der Waals surface area contributed by atoms with Crippen molar-refractivity contribution in [3.63, 3.8) is 0 Å². The van der Waals surface area contributed by atoms with Crippen LogP contribution >= 0.6 is 15.9 Å². The fraction of sp³-hybridized carbons (Fsp3) is 0.533. The van der Waals surface area contributed by atoms with Crippen LogP contribution in [0.5, 0.6) is 0 Å². The summed E-state index contributed by atoms with van der Waals surface area (Å²) in [7, 11) is 1.36. The topological polar surface area (TPSA) is 58.6 Å². The number of nitrogens with one attached hydrogen (secondary N) is 1. The van der Waals surface area contributed by atoms with Crippen LogP contribution in [0.2, 0.25) is 0 Å². The van der Waals surface area contributed by atoms with E-state index >= 15 is 0 Å². The molecule has 1 aromatic rings. The van der Waals surface area contributed by atoms with Gasteiger partial charge in [-0.2, -0.15) is 0 Å². The van der Waals surface area contributed by atoms with Crippen molar-refractivity contribution in [2.75, 3.05) is 13.7 Å². The van der Waals surface area contributed by atoms with E-state index in [0.29, 0.717) is 24.6 Å². The third-order valence-corrected chi connectivity index (χ3v) is 3.65. The molecule has 20 heavy (non-hydrogen) atoms. The molecule has 4 nitrogen and oxygen atoms in total. The molecule has 112 valence electrons. The van der Waals surface area contributed by atoms with Crippen LogP contribution in [0.25, 0.3) is 0 Å². The van der Waals surface area contributed by atoms with E-state index < -0.39 is 0 Å². The maximum absolute atomic E-state index is 11.4. The lowest BCUT2D eigenvalue weighted by Crippen LogP contribution is -2.27. The Kier molecular flexibility index (Phi) is 7.19. The molecule has 2 N–H and O–H groups in total. The summed E-state index contributed by atoms with van der Waals surface area (Å²) in [5.41, 5.74) is 1.55. The maximum atomic E-state index is 11.4. The highest BCUT2D eigenvalue weighted by atomic mass is 79.9. The third kappa shape index (κ3) is 5.61. The molecule has 0 radical (unpaired) electrons. The number of hydrogen-bond donors (Lipinski definition) is 2. The molecule has 0 saturated carbocycles. The summed E-state index contributed by atoms with van der Waals surface area (Å²) in [5, 5.41) is 13.0. The summed E-state index contributed by atoms with van der Waals surface area (Å²) in [6, 6.07) is 5.35. The number of benzene rings is 1. The summed E-state index contributed by atoms with van der Waals surface area (Å²) >= 11 is 3.44. The van der Waals surface area contributed by atoms with Gasteiger partial charge in [0.25, 0.3) is 0 Å². The average Bonchev–Trinajstić information content (AvgIpc) is 2.38. The number of esters is 1. The van der Waals surface area contributed by atoms with E-state index in [1.807, 2.05) is 6.07 Å². The molecule has 5 heteroatoms. The van der Waals surface area contributed by atoms with E-state index in [1.54, 1.807) is 12.1 Å². The third-order valence-electron chi connectivity index (χ3n) is 2.91. The molecule has 1 rings (SSSR count). The normalized spacial score (nSPS) is 12.5. The van der Waals surface area contributed by atoms with Crippen LogP contribution in [0, 0.1) is 5.92 Å². The largest absolute Gasteiger partial charge is 0.465 e. The standard InChI is InChI=1S/C15H22BrNO3/c1-10(2)6-13(18)9-17-8-12-5-4-11(7-14(12)16)15(19)20-3/h4-5,7,10,13,17-18H,6,8-9H2,1-3H3. The van der Waals surface area contributed by atoms with Crippen LogP contribution in [0.3, 0.4) is 0 Å². The quantitative estimate of drug-likeness (QED) is 0.747. The van der Waals surface area contributed by atoms with E-state index in [9.17, 15) is 9.90 Å². The molecule has 1 atom stereocenters. The van der Waals surface area contributed by atoms with Crippen LogP contribution in [-0.4, -0.2) is 30.8 Å². The van der Waals surface area contributed by atoms with Gasteiger partial charge < -0.3 is 15.2 Å². The second kappa shape index (κ2) is 8.39. The van der Waals surface area contributed by atoms with Gasteiger partial charge in [0.05, 0.1) is 18.8 Å². The predicted octanol–water partition coefficient (Wildman–Crippen LogP) is 2.73. The van der Waals surface area contributed by atoms with Crippen molar-refractivity contribution >= 4 is 21.9 Å². The molecule has 0 heterocycles. The van der Waals surface area contributed by atoms with E-state index in [2.05, 4.69) is 39.8 Å². The zero-order chi connectivity index (χ0) is 15.1. The zero-order valence-electron chi connectivity index (χ0n) is 12.1. The summed E-state index contributed by atoms with van der Waals surface area (Å²) in [5.74, 6) is 0.135. The Balaban J connectivity index is 2.51. The van der Waals surface area contributed by atoms with Gasteiger partial charge in [0.1, 0.15) is 0 Å². The van der Waals surface area contributed by atoms with Crippen molar-refractivity contribution in [3.05, 3.63) is 33.8 Å². The maximum Gasteiger partial charge on any atom is 0.337 e. The van der Waals surface area contributed by atoms with E-state index in [0.717, 1.165) is 16.5 Å². The second-order valence-electron chi connectivity index (χ2n) is 5.21. The van der Waals surface area contributed by atoms with Crippen LogP contribution in [0.4, 0.5) is 0 Å². The molecule has 1 unspecified atom stereocenters. The van der Waals surface area contributed by atoms with Gasteiger partial charge in [-0.05, 0) is 30.0 Å². The average molecular weight is 344 g/mol. The zero-order valence-corrected chi connectivity index (χ0v) is 13.7. The van der Waals surface area contributed by atoms with Crippen molar-refractivity contribution in [2.45, 2.75) is 32.9 Å². The van der Waals surface area contributed by atoms with Gasteiger partial charge in [0.15, 0.2) is 0 Å². The first-order valence-corrected chi connectivity index (χ1v) is 7.48. The van der Waals surface area contributed by atoms with Crippen LogP contribution in [0.1, 0.15) is 36.2 Å². The lowest BCUT2D eigenvalue weighted by atomic mass is 10.1. The van der Waals surface area contributed by atoms with E-state index in [4.69, 9.17) is 0 Å². The van der Waals surface area contributed by atoms with Gasteiger partial charge in [-0.15, -0.1) is 0 Å². The second-order valence-corrected chi connectivity index (χ2v) is 6.07. The van der Waals surface area contributed by atoms with Crippen molar-refractivity contribution in [3.8, 4) is 0 Å². The number of methoxy groups -OCH3 is 1. The first-order valence-electron chi connectivity index (χ1n) is 6.69. The fourth-order valence-corrected chi connectivity index (χ4v) is 2.46. The van der Waals surface area contributed by atoms with Crippen LogP contribution in [-0.2, 0) is 11.3 Å². The molecule has 0 spiro atoms. The molecule has 0 amide bonds. The number of carbonyl (C=O) groups excluding carboxylic acids is 1. The van der Waals surface area contributed by atoms with E-state index in [-0.39, 0.29) is 12.1 Å². The number of aliphatic hydroxyl groups is 1. The Morgan fingerprint density at radius 2 is 2.15 bits per heavy atom. The summed E-state index contributed by atoms with van der Waals surface area (Å²) in [6.07, 6.45) is 0.457. The molecule has 0 bridgehead atoms. The number of carbonyl (C=O) groups is 1. The van der Waals surface area contributed by atoms with Gasteiger partial charge in [-0.25, -0.2) is 4.79 Å². The number of aliphatic hydroxyl groups excluding tert-OH is 1. The number of rotatable bonds is 7. The molecule has 0 aliphatic rings. The predicted molar refractivity (Wildman–Crippen MR) is 82.7 cm³/mol. The fourth-order valence-electron chi connectivity index (χ4n) is 1.94. The van der Waals surface area contributed by atoms with Crippen LogP contribution < -0.4 is 5.32 Å². The van der Waals surface area contributed by atoms with Crippen molar-refractivity contribution < 1.29 is 14.6 Å². The number of halogens is 1. The monoisotopic (exact) mass is 343 g/mol. The minimum absolute atomic E-state index is 0.330. The highest BCUT2D eigenvalue weighted by molar-refractivity contribution is 9.10. The Morgan fingerprint density at radius 1 is 1.45 bits per heavy atom. The van der Waals surface area contributed by atoms with Gasteiger partial charge in [0, 0.05) is 17.6 Å². The van der Waals surface area contributed by atoms with Crippen LogP contribution in [0.15, 0.2) is 22.7 Å². The minimum atomic E-state index is -0.349. The number of ether oxygens (including phenoxy) is 1. The Labute approximate surface area is 128 Å². The Bertz CT molecular complexity index is 449. The lowest BCUT2D eigenvalue weighted by molar-refractivity contribution is 0.0600. The summed E-state index contributed by atoms with van der Waals surface area (Å²) in [4.78, 5) is 11.4. The first kappa shape index (κ1) is 17.1. The van der Waals surface area contributed by atoms with Gasteiger partial charge in [-0.1, -0.05) is 35.8 Å². The first-order chi connectivity index (χ1) is 9.43. The van der Waals surface area contributed by atoms with E-state index in [1.165, 1.54) is 7.11 Å². The smallest absolute Gasteiger partial charge is 0.337 e. The molecule has 0 aromatic heterocycles. The SMILES string of the molecule is COC(=O)c1ccc(CNCC(O)CC(C)C)c(Br)c1. The molecule has 0 aliphatic carbocycles. The molecule has 0 fully saturated rings. The molecule has 0 aliphatic heterocycles. The minimum Gasteiger partial charge on any atom is -0.465 e. The Morgan fingerprint density at radius 3 is 2.70 bits per heavy atom. The van der Waals surface area contributed by atoms with Gasteiger partial charge >= 0.3 is 5.97 Å². The molecular weight excluding hydrogens is 322 g/mol. The number of hydrogen-bond acceptors (Lipinski definition) is 4.